The Hall–Kier alpha value is -0.120. The summed E-state index contributed by atoms with van der Waals surface area (Å²) in [5.74, 6) is 0.655. The number of hydrogen-bond acceptors (Lipinski definition) is 3. The molecule has 0 radical (unpaired) electrons. The fraction of sp³-hybridized carbons (Fsp3) is 1.00. The van der Waals surface area contributed by atoms with Crippen molar-refractivity contribution in [2.45, 2.75) is 20.3 Å². The maximum Gasteiger partial charge on any atom is 0.0574 e. The van der Waals surface area contributed by atoms with Crippen LogP contribution in [0.25, 0.3) is 0 Å². The average molecular weight is 200 g/mol. The second-order valence-corrected chi connectivity index (χ2v) is 5.30. The molecule has 3 nitrogen and oxygen atoms in total. The van der Waals surface area contributed by atoms with Gasteiger partial charge in [0.1, 0.15) is 0 Å². The van der Waals surface area contributed by atoms with Crippen molar-refractivity contribution in [3.63, 3.8) is 0 Å². The fourth-order valence-corrected chi connectivity index (χ4v) is 2.68. The first-order valence-corrected chi connectivity index (χ1v) is 5.41. The van der Waals surface area contributed by atoms with Gasteiger partial charge in [-0.3, -0.25) is 0 Å². The molecule has 2 fully saturated rings. The van der Waals surface area contributed by atoms with E-state index in [1.165, 1.54) is 0 Å². The molecule has 0 aromatic heterocycles. The molecule has 0 aliphatic carbocycles. The first-order valence-electron chi connectivity index (χ1n) is 5.41. The molecule has 2 aliphatic rings. The van der Waals surface area contributed by atoms with Gasteiger partial charge in [-0.05, 0) is 12.3 Å². The lowest BCUT2D eigenvalue weighted by Crippen LogP contribution is -2.65. The number of rotatable bonds is 4. The van der Waals surface area contributed by atoms with E-state index in [9.17, 15) is 5.11 Å². The van der Waals surface area contributed by atoms with Gasteiger partial charge in [0.2, 0.25) is 0 Å². The predicted molar refractivity (Wildman–Crippen MR) is 53.0 cm³/mol. The smallest absolute Gasteiger partial charge is 0.0574 e. The van der Waals surface area contributed by atoms with Crippen LogP contribution in [-0.4, -0.2) is 38.1 Å². The van der Waals surface area contributed by atoms with E-state index in [0.29, 0.717) is 19.1 Å². The Balaban J connectivity index is 2.10. The van der Waals surface area contributed by atoms with Crippen LogP contribution >= 0.6 is 0 Å². The number of aliphatic hydroxyl groups is 1. The predicted octanol–water partition coefficient (Wildman–Crippen LogP) is 1.06. The Bertz CT molecular complexity index is 199. The molecule has 82 valence electrons. The van der Waals surface area contributed by atoms with Crippen LogP contribution in [-0.2, 0) is 9.47 Å². The van der Waals surface area contributed by atoms with Crippen LogP contribution in [0.15, 0.2) is 0 Å². The van der Waals surface area contributed by atoms with Gasteiger partial charge < -0.3 is 14.6 Å². The van der Waals surface area contributed by atoms with Gasteiger partial charge in [0.05, 0.1) is 38.4 Å². The van der Waals surface area contributed by atoms with Gasteiger partial charge in [0, 0.05) is 5.41 Å². The van der Waals surface area contributed by atoms with Crippen molar-refractivity contribution in [1.29, 1.82) is 0 Å². The summed E-state index contributed by atoms with van der Waals surface area (Å²) in [5.41, 5.74) is 0.184. The van der Waals surface area contributed by atoms with E-state index in [1.54, 1.807) is 0 Å². The third kappa shape index (κ3) is 1.30. The van der Waals surface area contributed by atoms with Gasteiger partial charge in [-0.15, -0.1) is 0 Å². The molecular weight excluding hydrogens is 180 g/mol. The average Bonchev–Trinajstić information content (AvgIpc) is 1.97. The van der Waals surface area contributed by atoms with Crippen molar-refractivity contribution >= 4 is 0 Å². The van der Waals surface area contributed by atoms with Crippen LogP contribution in [0.4, 0.5) is 0 Å². The summed E-state index contributed by atoms with van der Waals surface area (Å²) in [7, 11) is 0. The maximum atomic E-state index is 9.51. The quantitative estimate of drug-likeness (QED) is 0.737. The zero-order chi connectivity index (χ0) is 10.2. The summed E-state index contributed by atoms with van der Waals surface area (Å²) in [4.78, 5) is 0. The minimum Gasteiger partial charge on any atom is -0.396 e. The van der Waals surface area contributed by atoms with Crippen molar-refractivity contribution in [2.75, 3.05) is 33.0 Å². The molecule has 14 heavy (non-hydrogen) atoms. The monoisotopic (exact) mass is 200 g/mol. The lowest BCUT2D eigenvalue weighted by Gasteiger charge is -2.59. The molecule has 2 rings (SSSR count). The summed E-state index contributed by atoms with van der Waals surface area (Å²) in [5, 5.41) is 9.51. The molecule has 2 saturated heterocycles. The zero-order valence-corrected chi connectivity index (χ0v) is 9.08. The lowest BCUT2D eigenvalue weighted by molar-refractivity contribution is -0.284. The van der Waals surface area contributed by atoms with Crippen LogP contribution in [0.2, 0.25) is 0 Å². The molecule has 0 atom stereocenters. The van der Waals surface area contributed by atoms with Crippen molar-refractivity contribution in [1.82, 2.24) is 0 Å². The highest BCUT2D eigenvalue weighted by Gasteiger charge is 2.59. The summed E-state index contributed by atoms with van der Waals surface area (Å²) >= 11 is 0. The van der Waals surface area contributed by atoms with E-state index in [-0.39, 0.29) is 17.4 Å². The lowest BCUT2D eigenvalue weighted by atomic mass is 9.58. The van der Waals surface area contributed by atoms with Crippen LogP contribution in [0, 0.1) is 16.7 Å². The molecule has 0 saturated carbocycles. The number of hydrogen-bond donors (Lipinski definition) is 1. The van der Waals surface area contributed by atoms with Crippen LogP contribution in [0.1, 0.15) is 20.3 Å². The molecule has 2 heterocycles. The SMILES string of the molecule is CC(C)CC1(C2(CO)COC2)COC1. The normalized spacial score (nSPS) is 28.3. The second kappa shape index (κ2) is 3.47. The number of ether oxygens (including phenoxy) is 2. The molecule has 1 N–H and O–H groups in total. The van der Waals surface area contributed by atoms with Crippen LogP contribution in [0.5, 0.6) is 0 Å². The van der Waals surface area contributed by atoms with Gasteiger partial charge in [-0.25, -0.2) is 0 Å². The topological polar surface area (TPSA) is 38.7 Å². The summed E-state index contributed by atoms with van der Waals surface area (Å²) in [6, 6.07) is 0. The van der Waals surface area contributed by atoms with Crippen molar-refractivity contribution in [2.24, 2.45) is 16.7 Å². The molecule has 0 amide bonds. The minimum absolute atomic E-state index is 0.00444. The minimum atomic E-state index is -0.00444. The standard InChI is InChI=1S/C11H20O3/c1-9(2)3-10(5-13-6-10)11(4-12)7-14-8-11/h9,12H,3-8H2,1-2H3. The van der Waals surface area contributed by atoms with Crippen molar-refractivity contribution in [3.8, 4) is 0 Å². The Morgan fingerprint density at radius 2 is 1.57 bits per heavy atom. The molecule has 0 bridgehead atoms. The van der Waals surface area contributed by atoms with Gasteiger partial charge in [0.15, 0.2) is 0 Å². The summed E-state index contributed by atoms with van der Waals surface area (Å²) in [6.45, 7) is 7.71. The van der Waals surface area contributed by atoms with E-state index in [2.05, 4.69) is 13.8 Å². The van der Waals surface area contributed by atoms with Gasteiger partial charge in [-0.1, -0.05) is 13.8 Å². The molecule has 0 spiro atoms. The fourth-order valence-electron chi connectivity index (χ4n) is 2.68. The van der Waals surface area contributed by atoms with E-state index >= 15 is 0 Å². The molecule has 2 aliphatic heterocycles. The van der Waals surface area contributed by atoms with E-state index in [1.807, 2.05) is 0 Å². The van der Waals surface area contributed by atoms with Crippen LogP contribution < -0.4 is 0 Å². The van der Waals surface area contributed by atoms with Gasteiger partial charge >= 0.3 is 0 Å². The van der Waals surface area contributed by atoms with E-state index < -0.39 is 0 Å². The van der Waals surface area contributed by atoms with Gasteiger partial charge in [-0.2, -0.15) is 0 Å². The van der Waals surface area contributed by atoms with E-state index in [0.717, 1.165) is 19.6 Å². The van der Waals surface area contributed by atoms with Crippen LogP contribution in [0.3, 0.4) is 0 Å². The van der Waals surface area contributed by atoms with E-state index in [4.69, 9.17) is 9.47 Å². The first-order chi connectivity index (χ1) is 6.64. The highest BCUT2D eigenvalue weighted by molar-refractivity contribution is 5.05. The Kier molecular flexibility index (Phi) is 2.58. The zero-order valence-electron chi connectivity index (χ0n) is 9.08. The van der Waals surface area contributed by atoms with Gasteiger partial charge in [0.25, 0.3) is 0 Å². The largest absolute Gasteiger partial charge is 0.396 e. The molecule has 0 aromatic rings. The summed E-state index contributed by atoms with van der Waals surface area (Å²) < 4.78 is 10.6. The Morgan fingerprint density at radius 3 is 1.79 bits per heavy atom. The molecular formula is C11H20O3. The summed E-state index contributed by atoms with van der Waals surface area (Å²) in [6.07, 6.45) is 1.14. The second-order valence-electron chi connectivity index (χ2n) is 5.30. The third-order valence-corrected chi connectivity index (χ3v) is 3.74. The maximum absolute atomic E-state index is 9.51. The van der Waals surface area contributed by atoms with Crippen molar-refractivity contribution in [3.05, 3.63) is 0 Å². The van der Waals surface area contributed by atoms with Crippen molar-refractivity contribution < 1.29 is 14.6 Å². The molecule has 0 unspecified atom stereocenters. The molecule has 0 aromatic carbocycles. The first kappa shape index (κ1) is 10.4. The highest BCUT2D eigenvalue weighted by Crippen LogP contribution is 2.53. The Labute approximate surface area is 85.4 Å². The number of aliphatic hydroxyl groups excluding tert-OH is 1. The highest BCUT2D eigenvalue weighted by atomic mass is 16.5. The third-order valence-electron chi connectivity index (χ3n) is 3.74. The molecule has 3 heteroatoms. The Morgan fingerprint density at radius 1 is 1.07 bits per heavy atom.